The highest BCUT2D eigenvalue weighted by Crippen LogP contribution is 2.36. The van der Waals surface area contributed by atoms with E-state index in [4.69, 9.17) is 14.2 Å². The lowest BCUT2D eigenvalue weighted by molar-refractivity contribution is -0.134. The van der Waals surface area contributed by atoms with Crippen molar-refractivity contribution in [3.05, 3.63) is 76.2 Å². The minimum Gasteiger partial charge on any atom is -0.497 e. The van der Waals surface area contributed by atoms with Gasteiger partial charge in [0.25, 0.3) is 5.91 Å². The van der Waals surface area contributed by atoms with Crippen molar-refractivity contribution in [3.63, 3.8) is 0 Å². The van der Waals surface area contributed by atoms with Crippen molar-refractivity contribution in [1.82, 2.24) is 16.0 Å². The molecule has 0 radical (unpaired) electrons. The third-order valence-corrected chi connectivity index (χ3v) is 6.84. The molecule has 3 unspecified atom stereocenters. The average Bonchev–Trinajstić information content (AvgIpc) is 3.27. The van der Waals surface area contributed by atoms with Gasteiger partial charge in [-0.3, -0.25) is 14.9 Å². The van der Waals surface area contributed by atoms with E-state index in [-0.39, 0.29) is 23.1 Å². The summed E-state index contributed by atoms with van der Waals surface area (Å²) in [4.78, 5) is 25.5. The lowest BCUT2D eigenvalue weighted by Gasteiger charge is -2.33. The van der Waals surface area contributed by atoms with Crippen LogP contribution in [0.25, 0.3) is 0 Å². The van der Waals surface area contributed by atoms with Gasteiger partial charge in [0.2, 0.25) is 5.91 Å². The fourth-order valence-corrected chi connectivity index (χ4v) is 5.12. The molecule has 1 fully saturated rings. The predicted octanol–water partition coefficient (Wildman–Crippen LogP) is 2.29. The van der Waals surface area contributed by atoms with Crippen LogP contribution in [0.1, 0.15) is 16.7 Å². The predicted molar refractivity (Wildman–Crippen MR) is 130 cm³/mol. The van der Waals surface area contributed by atoms with Crippen LogP contribution >= 0.6 is 11.8 Å². The van der Waals surface area contributed by atoms with Gasteiger partial charge >= 0.3 is 0 Å². The lowest BCUT2D eigenvalue weighted by Crippen LogP contribution is -2.64. The number of amides is 2. The molecular formula is C25H29N3O5S. The van der Waals surface area contributed by atoms with E-state index in [0.29, 0.717) is 26.4 Å². The molecule has 2 aromatic rings. The summed E-state index contributed by atoms with van der Waals surface area (Å²) in [5.74, 6) is -0.0904. The fourth-order valence-electron chi connectivity index (χ4n) is 3.91. The smallest absolute Gasteiger partial charge is 0.257 e. The van der Waals surface area contributed by atoms with Gasteiger partial charge in [-0.2, -0.15) is 0 Å². The maximum atomic E-state index is 12.8. The van der Waals surface area contributed by atoms with Crippen molar-refractivity contribution >= 4 is 23.6 Å². The average molecular weight is 484 g/mol. The molecule has 3 N–H and O–H groups in total. The van der Waals surface area contributed by atoms with Crippen molar-refractivity contribution < 1.29 is 23.8 Å². The van der Waals surface area contributed by atoms with Crippen LogP contribution in [0.15, 0.2) is 59.5 Å². The highest BCUT2D eigenvalue weighted by molar-refractivity contribution is 8.03. The van der Waals surface area contributed by atoms with Gasteiger partial charge < -0.3 is 24.8 Å². The summed E-state index contributed by atoms with van der Waals surface area (Å²) in [6.45, 7) is 1.73. The Morgan fingerprint density at radius 2 is 1.79 bits per heavy atom. The molecule has 180 valence electrons. The Morgan fingerprint density at radius 1 is 1.03 bits per heavy atom. The Balaban J connectivity index is 1.24. The minimum atomic E-state index is -0.786. The Hall–Kier alpha value is -2.85. The number of fused-ring (bicyclic) bond motifs is 1. The molecule has 0 aromatic heterocycles. The van der Waals surface area contributed by atoms with E-state index >= 15 is 0 Å². The highest BCUT2D eigenvalue weighted by atomic mass is 32.2. The minimum absolute atomic E-state index is 0.172. The topological polar surface area (TPSA) is 97.9 Å². The first-order chi connectivity index (χ1) is 16.6. The van der Waals surface area contributed by atoms with Crippen molar-refractivity contribution in [2.24, 2.45) is 5.92 Å². The third kappa shape index (κ3) is 5.98. The summed E-state index contributed by atoms with van der Waals surface area (Å²) in [6, 6.07) is 15.5. The summed E-state index contributed by atoms with van der Waals surface area (Å²) in [7, 11) is 3.27. The molecule has 34 heavy (non-hydrogen) atoms. The zero-order valence-electron chi connectivity index (χ0n) is 19.2. The molecule has 0 bridgehead atoms. The third-order valence-electron chi connectivity index (χ3n) is 5.70. The second-order valence-electron chi connectivity index (χ2n) is 8.15. The molecule has 1 saturated heterocycles. The Bertz CT molecular complexity index is 1040. The fraction of sp³-hybridized carbons (Fsp3) is 0.360. The van der Waals surface area contributed by atoms with Crippen LogP contribution in [0, 0.1) is 5.92 Å². The first kappa shape index (κ1) is 24.3. The number of hydrogen-bond donors (Lipinski definition) is 3. The van der Waals surface area contributed by atoms with Crippen molar-refractivity contribution in [2.45, 2.75) is 31.3 Å². The summed E-state index contributed by atoms with van der Waals surface area (Å²) >= 11 is 1.51. The number of ether oxygens (including phenoxy) is 3. The van der Waals surface area contributed by atoms with Gasteiger partial charge in [0.15, 0.2) is 6.17 Å². The van der Waals surface area contributed by atoms with E-state index in [1.807, 2.05) is 53.9 Å². The van der Waals surface area contributed by atoms with Crippen LogP contribution in [0.3, 0.4) is 0 Å². The standard InChI is InChI=1S/C25H29N3O5S/c1-31-12-16-6-8-17(9-7-16)13-33-14-19-15-34-25-21(19)23(29)27-22(28-25)24(30)26-11-18-4-3-5-20(10-18)32-2/h3-10,15,21-22,25,28H,11-14H2,1-2H3,(H,26,30)(H,27,29). The SMILES string of the molecule is COCc1ccc(COCC2=CSC3NC(C(=O)NCc4cccc(OC)c4)NC(=O)C23)cc1. The first-order valence-corrected chi connectivity index (χ1v) is 12.0. The largest absolute Gasteiger partial charge is 0.497 e. The second-order valence-corrected chi connectivity index (χ2v) is 9.16. The normalized spacial score (nSPS) is 21.4. The molecule has 3 atom stereocenters. The first-order valence-electron chi connectivity index (χ1n) is 11.0. The quantitative estimate of drug-likeness (QED) is 0.477. The number of carbonyl (C=O) groups is 2. The van der Waals surface area contributed by atoms with Crippen LogP contribution in [-0.2, 0) is 38.8 Å². The molecule has 8 nitrogen and oxygen atoms in total. The molecule has 2 aliphatic heterocycles. The molecule has 0 saturated carbocycles. The van der Waals surface area contributed by atoms with E-state index in [2.05, 4.69) is 16.0 Å². The summed E-state index contributed by atoms with van der Waals surface area (Å²) in [5.41, 5.74) is 3.99. The monoisotopic (exact) mass is 483 g/mol. The number of rotatable bonds is 10. The molecule has 2 amide bonds. The summed E-state index contributed by atoms with van der Waals surface area (Å²) < 4.78 is 16.2. The van der Waals surface area contributed by atoms with Gasteiger partial charge in [0.05, 0.1) is 38.2 Å². The lowest BCUT2D eigenvalue weighted by atomic mass is 9.97. The zero-order chi connectivity index (χ0) is 23.9. The number of benzene rings is 2. The molecule has 2 heterocycles. The van der Waals surface area contributed by atoms with Crippen molar-refractivity contribution in [1.29, 1.82) is 0 Å². The van der Waals surface area contributed by atoms with Gasteiger partial charge in [-0.15, -0.1) is 11.8 Å². The van der Waals surface area contributed by atoms with Gasteiger partial charge in [-0.1, -0.05) is 36.4 Å². The Labute approximate surface area is 203 Å². The van der Waals surface area contributed by atoms with Gasteiger partial charge in [-0.25, -0.2) is 0 Å². The van der Waals surface area contributed by atoms with Crippen LogP contribution in [-0.4, -0.2) is 44.2 Å². The maximum Gasteiger partial charge on any atom is 0.257 e. The van der Waals surface area contributed by atoms with E-state index in [1.165, 1.54) is 11.8 Å². The van der Waals surface area contributed by atoms with Crippen molar-refractivity contribution in [3.8, 4) is 5.75 Å². The Morgan fingerprint density at radius 3 is 2.53 bits per heavy atom. The van der Waals surface area contributed by atoms with Crippen LogP contribution in [0.2, 0.25) is 0 Å². The van der Waals surface area contributed by atoms with Gasteiger partial charge in [0.1, 0.15) is 5.75 Å². The van der Waals surface area contributed by atoms with Gasteiger partial charge in [0, 0.05) is 13.7 Å². The maximum absolute atomic E-state index is 12.8. The molecular weight excluding hydrogens is 454 g/mol. The Kier molecular flexibility index (Phi) is 8.23. The number of methoxy groups -OCH3 is 2. The molecule has 9 heteroatoms. The van der Waals surface area contributed by atoms with Crippen LogP contribution in [0.5, 0.6) is 5.75 Å². The summed E-state index contributed by atoms with van der Waals surface area (Å²) in [5, 5.41) is 10.7. The number of carbonyl (C=O) groups excluding carboxylic acids is 2. The van der Waals surface area contributed by atoms with E-state index in [1.54, 1.807) is 14.2 Å². The van der Waals surface area contributed by atoms with E-state index in [9.17, 15) is 9.59 Å². The molecule has 2 aliphatic rings. The molecule has 0 aliphatic carbocycles. The molecule has 2 aromatic carbocycles. The highest BCUT2D eigenvalue weighted by Gasteiger charge is 2.43. The summed E-state index contributed by atoms with van der Waals surface area (Å²) in [6.07, 6.45) is -0.786. The van der Waals surface area contributed by atoms with Crippen LogP contribution in [0.4, 0.5) is 0 Å². The molecule has 4 rings (SSSR count). The zero-order valence-corrected chi connectivity index (χ0v) is 20.0. The van der Waals surface area contributed by atoms with Crippen LogP contribution < -0.4 is 20.7 Å². The number of hydrogen-bond acceptors (Lipinski definition) is 7. The van der Waals surface area contributed by atoms with Crippen molar-refractivity contribution in [2.75, 3.05) is 20.8 Å². The van der Waals surface area contributed by atoms with E-state index in [0.717, 1.165) is 28.0 Å². The second kappa shape index (κ2) is 11.5. The number of nitrogens with one attached hydrogen (secondary N) is 3. The van der Waals surface area contributed by atoms with Gasteiger partial charge in [-0.05, 0) is 39.8 Å². The van der Waals surface area contributed by atoms with E-state index < -0.39 is 6.17 Å². The number of thioether (sulfide) groups is 1. The molecule has 0 spiro atoms.